The zero-order valence-corrected chi connectivity index (χ0v) is 10.1. The Morgan fingerprint density at radius 1 is 1.33 bits per heavy atom. The lowest BCUT2D eigenvalue weighted by Gasteiger charge is -2.29. The van der Waals surface area contributed by atoms with Crippen LogP contribution in [0.15, 0.2) is 24.4 Å². The summed E-state index contributed by atoms with van der Waals surface area (Å²) in [7, 11) is 0. The molecule has 3 nitrogen and oxygen atoms in total. The average Bonchev–Trinajstić information content (AvgIpc) is 2.76. The quantitative estimate of drug-likeness (QED) is 0.836. The molecular formula is C12H10ClF2N3. The van der Waals surface area contributed by atoms with E-state index in [1.165, 1.54) is 16.8 Å². The van der Waals surface area contributed by atoms with Crippen molar-refractivity contribution in [3.8, 4) is 11.3 Å². The Morgan fingerprint density at radius 3 is 2.78 bits per heavy atom. The van der Waals surface area contributed by atoms with Gasteiger partial charge in [0.25, 0.3) is 0 Å². The highest BCUT2D eigenvalue weighted by atomic mass is 35.5. The highest BCUT2D eigenvalue weighted by molar-refractivity contribution is 6.33. The summed E-state index contributed by atoms with van der Waals surface area (Å²) in [5.74, 6) is -0.458. The highest BCUT2D eigenvalue weighted by Crippen LogP contribution is 2.36. The van der Waals surface area contributed by atoms with Crippen molar-refractivity contribution in [1.82, 2.24) is 15.0 Å². The van der Waals surface area contributed by atoms with E-state index < -0.39 is 12.0 Å². The summed E-state index contributed by atoms with van der Waals surface area (Å²) in [6.07, 6.45) is 1.92. The molecule has 2 atom stereocenters. The SMILES string of the molecule is Fc1cccc(Cl)c1-c1cn([C@H]2CC[C@H]2F)nn1. The number of nitrogens with zero attached hydrogens (tertiary/aromatic N) is 3. The van der Waals surface area contributed by atoms with Crippen molar-refractivity contribution < 1.29 is 8.78 Å². The smallest absolute Gasteiger partial charge is 0.134 e. The predicted octanol–water partition coefficient (Wildman–Crippen LogP) is 3.41. The largest absolute Gasteiger partial charge is 0.246 e. The van der Waals surface area contributed by atoms with Gasteiger partial charge in [-0.2, -0.15) is 0 Å². The van der Waals surface area contributed by atoms with Crippen LogP contribution in [0.2, 0.25) is 5.02 Å². The molecule has 1 saturated carbocycles. The van der Waals surface area contributed by atoms with Crippen molar-refractivity contribution in [2.24, 2.45) is 0 Å². The molecule has 1 aliphatic carbocycles. The third-order valence-corrected chi connectivity index (χ3v) is 3.54. The molecule has 0 bridgehead atoms. The minimum absolute atomic E-state index is 0.208. The molecule has 0 unspecified atom stereocenters. The van der Waals surface area contributed by atoms with Crippen molar-refractivity contribution >= 4 is 11.6 Å². The van der Waals surface area contributed by atoms with Crippen molar-refractivity contribution in [3.05, 3.63) is 35.2 Å². The van der Waals surface area contributed by atoms with E-state index in [1.54, 1.807) is 12.3 Å². The van der Waals surface area contributed by atoms with Gasteiger partial charge in [0, 0.05) is 0 Å². The van der Waals surface area contributed by atoms with Crippen LogP contribution in [0, 0.1) is 5.82 Å². The zero-order chi connectivity index (χ0) is 12.7. The first kappa shape index (κ1) is 11.6. The number of halogens is 3. The van der Waals surface area contributed by atoms with Crippen molar-refractivity contribution in [2.75, 3.05) is 0 Å². The topological polar surface area (TPSA) is 30.7 Å². The number of rotatable bonds is 2. The van der Waals surface area contributed by atoms with Gasteiger partial charge in [0.2, 0.25) is 0 Å². The van der Waals surface area contributed by atoms with E-state index in [1.807, 2.05) is 0 Å². The maximum absolute atomic E-state index is 13.7. The first-order valence-corrected chi connectivity index (χ1v) is 6.05. The fraction of sp³-hybridized carbons (Fsp3) is 0.333. The normalized spacial score (nSPS) is 22.8. The maximum atomic E-state index is 13.7. The molecular weight excluding hydrogens is 260 g/mol. The van der Waals surface area contributed by atoms with Gasteiger partial charge in [-0.3, -0.25) is 0 Å². The summed E-state index contributed by atoms with van der Waals surface area (Å²) in [6, 6.07) is 4.13. The number of benzene rings is 1. The predicted molar refractivity (Wildman–Crippen MR) is 63.6 cm³/mol. The molecule has 1 fully saturated rings. The minimum Gasteiger partial charge on any atom is -0.246 e. The van der Waals surface area contributed by atoms with Gasteiger partial charge in [0.05, 0.1) is 22.8 Å². The van der Waals surface area contributed by atoms with Gasteiger partial charge in [-0.25, -0.2) is 13.5 Å². The van der Waals surface area contributed by atoms with E-state index >= 15 is 0 Å². The summed E-state index contributed by atoms with van der Waals surface area (Å²) in [5, 5.41) is 7.99. The molecule has 18 heavy (non-hydrogen) atoms. The molecule has 94 valence electrons. The fourth-order valence-electron chi connectivity index (χ4n) is 2.04. The lowest BCUT2D eigenvalue weighted by molar-refractivity contribution is 0.108. The van der Waals surface area contributed by atoms with E-state index in [0.29, 0.717) is 12.1 Å². The van der Waals surface area contributed by atoms with Crippen LogP contribution >= 0.6 is 11.6 Å². The van der Waals surface area contributed by atoms with Gasteiger partial charge in [-0.1, -0.05) is 22.9 Å². The minimum atomic E-state index is -0.893. The molecule has 1 aromatic carbocycles. The lowest BCUT2D eigenvalue weighted by atomic mass is 9.91. The van der Waals surface area contributed by atoms with Gasteiger partial charge in [-0.15, -0.1) is 5.10 Å². The van der Waals surface area contributed by atoms with Gasteiger partial charge < -0.3 is 0 Å². The van der Waals surface area contributed by atoms with Gasteiger partial charge >= 0.3 is 0 Å². The third kappa shape index (κ3) is 1.79. The van der Waals surface area contributed by atoms with E-state index in [9.17, 15) is 8.78 Å². The molecule has 0 amide bonds. The maximum Gasteiger partial charge on any atom is 0.134 e. The van der Waals surface area contributed by atoms with Crippen LogP contribution in [0.1, 0.15) is 18.9 Å². The Kier molecular flexibility index (Phi) is 2.78. The molecule has 1 aromatic heterocycles. The van der Waals surface area contributed by atoms with Crippen molar-refractivity contribution in [3.63, 3.8) is 0 Å². The number of aromatic nitrogens is 3. The third-order valence-electron chi connectivity index (χ3n) is 3.22. The Morgan fingerprint density at radius 2 is 2.17 bits per heavy atom. The van der Waals surface area contributed by atoms with Crippen LogP contribution in [0.25, 0.3) is 11.3 Å². The molecule has 0 aliphatic heterocycles. The molecule has 6 heteroatoms. The molecule has 1 heterocycles. The summed E-state index contributed by atoms with van der Waals surface area (Å²) in [6.45, 7) is 0. The molecule has 1 aliphatic rings. The molecule has 0 radical (unpaired) electrons. The van der Waals surface area contributed by atoms with Gasteiger partial charge in [0.15, 0.2) is 0 Å². The van der Waals surface area contributed by atoms with Gasteiger partial charge in [0.1, 0.15) is 17.7 Å². The number of hydrogen-bond donors (Lipinski definition) is 0. The first-order valence-electron chi connectivity index (χ1n) is 5.67. The Balaban J connectivity index is 1.98. The highest BCUT2D eigenvalue weighted by Gasteiger charge is 2.33. The number of alkyl halides is 1. The fourth-order valence-corrected chi connectivity index (χ4v) is 2.30. The van der Waals surface area contributed by atoms with Crippen LogP contribution in [-0.4, -0.2) is 21.2 Å². The summed E-state index contributed by atoms with van der Waals surface area (Å²) >= 11 is 5.94. The summed E-state index contributed by atoms with van der Waals surface area (Å²) in [5.41, 5.74) is 0.539. The second-order valence-corrected chi connectivity index (χ2v) is 4.75. The molecule has 0 saturated heterocycles. The van der Waals surface area contributed by atoms with Gasteiger partial charge in [-0.05, 0) is 25.0 Å². The van der Waals surface area contributed by atoms with Crippen LogP contribution < -0.4 is 0 Å². The van der Waals surface area contributed by atoms with E-state index in [-0.39, 0.29) is 16.6 Å². The van der Waals surface area contributed by atoms with Crippen LogP contribution in [0.5, 0.6) is 0 Å². The molecule has 2 aromatic rings. The van der Waals surface area contributed by atoms with Crippen molar-refractivity contribution in [1.29, 1.82) is 0 Å². The average molecular weight is 270 g/mol. The van der Waals surface area contributed by atoms with Crippen LogP contribution in [0.4, 0.5) is 8.78 Å². The number of hydrogen-bond acceptors (Lipinski definition) is 2. The molecule has 3 rings (SSSR count). The Bertz CT molecular complexity index is 564. The zero-order valence-electron chi connectivity index (χ0n) is 9.35. The molecule has 0 spiro atoms. The Hall–Kier alpha value is -1.49. The van der Waals surface area contributed by atoms with Crippen LogP contribution in [-0.2, 0) is 0 Å². The second kappa shape index (κ2) is 4.31. The van der Waals surface area contributed by atoms with E-state index in [0.717, 1.165) is 6.42 Å². The van der Waals surface area contributed by atoms with E-state index in [2.05, 4.69) is 10.3 Å². The second-order valence-electron chi connectivity index (χ2n) is 4.34. The first-order chi connectivity index (χ1) is 8.66. The van der Waals surface area contributed by atoms with Crippen molar-refractivity contribution in [2.45, 2.75) is 25.1 Å². The summed E-state index contributed by atoms with van der Waals surface area (Å²) < 4.78 is 28.4. The Labute approximate surface area is 107 Å². The monoisotopic (exact) mass is 269 g/mol. The molecule has 0 N–H and O–H groups in total. The van der Waals surface area contributed by atoms with Crippen LogP contribution in [0.3, 0.4) is 0 Å². The summed E-state index contributed by atoms with van der Waals surface area (Å²) in [4.78, 5) is 0. The lowest BCUT2D eigenvalue weighted by Crippen LogP contribution is -2.30. The standard InChI is InChI=1S/C12H10ClF2N3/c13-7-2-1-3-9(15)12(7)10-6-18(17-16-10)11-5-4-8(11)14/h1-3,6,8,11H,4-5H2/t8-,11+/m1/s1. The van der Waals surface area contributed by atoms with E-state index in [4.69, 9.17) is 11.6 Å².